The molecule has 2 aromatic rings. The standard InChI is InChI=1S/C13H18N4O/c1-10-12(9-16-17(10)2)8-14-6-11-4-5-13(18-3)15-7-11/h4-5,7,9,14H,6,8H2,1-3H3. The first kappa shape index (κ1) is 12.6. The lowest BCUT2D eigenvalue weighted by Crippen LogP contribution is -2.13. The van der Waals surface area contributed by atoms with Gasteiger partial charge in [-0.2, -0.15) is 5.10 Å². The van der Waals surface area contributed by atoms with Crippen molar-refractivity contribution in [3.8, 4) is 5.88 Å². The van der Waals surface area contributed by atoms with Gasteiger partial charge in [0.15, 0.2) is 0 Å². The zero-order valence-electron chi connectivity index (χ0n) is 11.0. The van der Waals surface area contributed by atoms with E-state index in [1.165, 1.54) is 11.3 Å². The van der Waals surface area contributed by atoms with E-state index >= 15 is 0 Å². The molecule has 0 aromatic carbocycles. The summed E-state index contributed by atoms with van der Waals surface area (Å²) in [6, 6.07) is 3.88. The average molecular weight is 246 g/mol. The second-order valence-corrected chi connectivity index (χ2v) is 4.19. The summed E-state index contributed by atoms with van der Waals surface area (Å²) >= 11 is 0. The van der Waals surface area contributed by atoms with Gasteiger partial charge in [-0.3, -0.25) is 4.68 Å². The molecule has 5 nitrogen and oxygen atoms in total. The Bertz CT molecular complexity index is 504. The van der Waals surface area contributed by atoms with Gasteiger partial charge < -0.3 is 10.1 Å². The highest BCUT2D eigenvalue weighted by Crippen LogP contribution is 2.08. The molecule has 2 rings (SSSR count). The minimum atomic E-state index is 0.641. The summed E-state index contributed by atoms with van der Waals surface area (Å²) in [4.78, 5) is 4.17. The second kappa shape index (κ2) is 5.64. The Morgan fingerprint density at radius 2 is 2.11 bits per heavy atom. The summed E-state index contributed by atoms with van der Waals surface area (Å²) in [7, 11) is 3.57. The van der Waals surface area contributed by atoms with Crippen LogP contribution >= 0.6 is 0 Å². The molecule has 0 saturated heterocycles. The third-order valence-electron chi connectivity index (χ3n) is 2.99. The predicted molar refractivity (Wildman–Crippen MR) is 69.3 cm³/mol. The highest BCUT2D eigenvalue weighted by atomic mass is 16.5. The molecule has 0 aliphatic rings. The molecule has 5 heteroatoms. The van der Waals surface area contributed by atoms with Gasteiger partial charge in [-0.05, 0) is 12.5 Å². The van der Waals surface area contributed by atoms with Crippen LogP contribution in [0.5, 0.6) is 5.88 Å². The first-order valence-corrected chi connectivity index (χ1v) is 5.88. The number of methoxy groups -OCH3 is 1. The van der Waals surface area contributed by atoms with Gasteiger partial charge in [-0.15, -0.1) is 0 Å². The van der Waals surface area contributed by atoms with E-state index in [0.29, 0.717) is 5.88 Å². The predicted octanol–water partition coefficient (Wildman–Crippen LogP) is 1.42. The van der Waals surface area contributed by atoms with Gasteiger partial charge in [0.25, 0.3) is 0 Å². The molecule has 2 aromatic heterocycles. The number of nitrogens with zero attached hydrogens (tertiary/aromatic N) is 3. The van der Waals surface area contributed by atoms with Crippen LogP contribution in [0.4, 0.5) is 0 Å². The van der Waals surface area contributed by atoms with Crippen LogP contribution in [0.15, 0.2) is 24.5 Å². The topological polar surface area (TPSA) is 52.0 Å². The van der Waals surface area contributed by atoms with Crippen molar-refractivity contribution in [1.29, 1.82) is 0 Å². The van der Waals surface area contributed by atoms with E-state index in [1.807, 2.05) is 36.3 Å². The fraction of sp³-hybridized carbons (Fsp3) is 0.385. The van der Waals surface area contributed by atoms with Crippen LogP contribution in [0.25, 0.3) is 0 Å². The quantitative estimate of drug-likeness (QED) is 0.867. The number of rotatable bonds is 5. The van der Waals surface area contributed by atoms with Gasteiger partial charge in [0, 0.05) is 43.7 Å². The van der Waals surface area contributed by atoms with E-state index in [4.69, 9.17) is 4.74 Å². The highest BCUT2D eigenvalue weighted by Gasteiger charge is 2.02. The van der Waals surface area contributed by atoms with Crippen molar-refractivity contribution in [2.24, 2.45) is 7.05 Å². The van der Waals surface area contributed by atoms with Gasteiger partial charge in [-0.1, -0.05) is 6.07 Å². The smallest absolute Gasteiger partial charge is 0.212 e. The van der Waals surface area contributed by atoms with Gasteiger partial charge in [-0.25, -0.2) is 4.98 Å². The summed E-state index contributed by atoms with van der Waals surface area (Å²) in [6.07, 6.45) is 3.72. The molecule has 0 amide bonds. The minimum absolute atomic E-state index is 0.641. The van der Waals surface area contributed by atoms with Crippen molar-refractivity contribution < 1.29 is 4.74 Å². The van der Waals surface area contributed by atoms with E-state index in [-0.39, 0.29) is 0 Å². The summed E-state index contributed by atoms with van der Waals surface area (Å²) in [5.74, 6) is 0.641. The zero-order valence-corrected chi connectivity index (χ0v) is 11.0. The number of pyridine rings is 1. The molecule has 0 spiro atoms. The molecule has 0 fully saturated rings. The molecule has 18 heavy (non-hydrogen) atoms. The molecule has 0 atom stereocenters. The third-order valence-corrected chi connectivity index (χ3v) is 2.99. The van der Waals surface area contributed by atoms with Crippen molar-refractivity contribution in [2.45, 2.75) is 20.0 Å². The van der Waals surface area contributed by atoms with E-state index in [1.54, 1.807) is 7.11 Å². The van der Waals surface area contributed by atoms with Crippen LogP contribution in [0.1, 0.15) is 16.8 Å². The Morgan fingerprint density at radius 1 is 1.28 bits per heavy atom. The molecule has 0 unspecified atom stereocenters. The van der Waals surface area contributed by atoms with Crippen molar-refractivity contribution in [2.75, 3.05) is 7.11 Å². The monoisotopic (exact) mass is 246 g/mol. The van der Waals surface area contributed by atoms with Crippen molar-refractivity contribution >= 4 is 0 Å². The van der Waals surface area contributed by atoms with Crippen LogP contribution in [-0.2, 0) is 20.1 Å². The molecule has 0 saturated carbocycles. The molecule has 0 bridgehead atoms. The third kappa shape index (κ3) is 2.87. The lowest BCUT2D eigenvalue weighted by Gasteiger charge is -2.05. The summed E-state index contributed by atoms with van der Waals surface area (Å²) < 4.78 is 6.90. The Balaban J connectivity index is 1.86. The molecule has 2 heterocycles. The maximum atomic E-state index is 5.02. The van der Waals surface area contributed by atoms with Crippen molar-refractivity contribution in [3.05, 3.63) is 41.3 Å². The second-order valence-electron chi connectivity index (χ2n) is 4.19. The van der Waals surface area contributed by atoms with Crippen LogP contribution in [-0.4, -0.2) is 21.9 Å². The number of hydrogen-bond donors (Lipinski definition) is 1. The largest absolute Gasteiger partial charge is 0.481 e. The van der Waals surface area contributed by atoms with Crippen molar-refractivity contribution in [3.63, 3.8) is 0 Å². The summed E-state index contributed by atoms with van der Waals surface area (Å²) in [6.45, 7) is 3.66. The average Bonchev–Trinajstić information content (AvgIpc) is 2.71. The Kier molecular flexibility index (Phi) is 3.94. The fourth-order valence-corrected chi connectivity index (χ4v) is 1.70. The molecule has 1 N–H and O–H groups in total. The number of aromatic nitrogens is 3. The Morgan fingerprint density at radius 3 is 2.67 bits per heavy atom. The Hall–Kier alpha value is -1.88. The summed E-state index contributed by atoms with van der Waals surface area (Å²) in [5, 5.41) is 7.59. The first-order valence-electron chi connectivity index (χ1n) is 5.88. The van der Waals surface area contributed by atoms with Crippen LogP contribution in [0.3, 0.4) is 0 Å². The highest BCUT2D eigenvalue weighted by molar-refractivity contribution is 5.18. The van der Waals surface area contributed by atoms with Crippen LogP contribution < -0.4 is 10.1 Å². The zero-order chi connectivity index (χ0) is 13.0. The maximum absolute atomic E-state index is 5.02. The van der Waals surface area contributed by atoms with Crippen molar-refractivity contribution in [1.82, 2.24) is 20.1 Å². The van der Waals surface area contributed by atoms with Gasteiger partial charge in [0.2, 0.25) is 5.88 Å². The lowest BCUT2D eigenvalue weighted by molar-refractivity contribution is 0.397. The maximum Gasteiger partial charge on any atom is 0.212 e. The number of ether oxygens (including phenoxy) is 1. The number of aryl methyl sites for hydroxylation is 1. The van der Waals surface area contributed by atoms with Gasteiger partial charge in [0.05, 0.1) is 13.3 Å². The first-order chi connectivity index (χ1) is 8.70. The van der Waals surface area contributed by atoms with Crippen LogP contribution in [0, 0.1) is 6.92 Å². The molecule has 96 valence electrons. The molecular weight excluding hydrogens is 228 g/mol. The normalized spacial score (nSPS) is 10.6. The number of nitrogens with one attached hydrogen (secondary N) is 1. The minimum Gasteiger partial charge on any atom is -0.481 e. The number of hydrogen-bond acceptors (Lipinski definition) is 4. The SMILES string of the molecule is COc1ccc(CNCc2cnn(C)c2C)cn1. The Labute approximate surface area is 107 Å². The molecule has 0 aliphatic heterocycles. The summed E-state index contributed by atoms with van der Waals surface area (Å²) in [5.41, 5.74) is 3.55. The van der Waals surface area contributed by atoms with E-state index < -0.39 is 0 Å². The molecule has 0 radical (unpaired) electrons. The van der Waals surface area contributed by atoms with E-state index in [2.05, 4.69) is 22.3 Å². The molecular formula is C13H18N4O. The van der Waals surface area contributed by atoms with Crippen LogP contribution in [0.2, 0.25) is 0 Å². The van der Waals surface area contributed by atoms with Gasteiger partial charge >= 0.3 is 0 Å². The van der Waals surface area contributed by atoms with E-state index in [0.717, 1.165) is 18.7 Å². The lowest BCUT2D eigenvalue weighted by atomic mass is 10.2. The van der Waals surface area contributed by atoms with Gasteiger partial charge in [0.1, 0.15) is 0 Å². The fourth-order valence-electron chi connectivity index (χ4n) is 1.70. The van der Waals surface area contributed by atoms with E-state index in [9.17, 15) is 0 Å². The molecule has 0 aliphatic carbocycles.